The van der Waals surface area contributed by atoms with Gasteiger partial charge in [-0.15, -0.1) is 10.2 Å². The molecule has 0 aliphatic heterocycles. The molecule has 1 amide bonds. The molecular weight excluding hydrogens is 222 g/mol. The third kappa shape index (κ3) is 2.58. The molecule has 0 aromatic carbocycles. The number of carbonyl (C=O) groups is 1. The second-order valence-electron chi connectivity index (χ2n) is 4.22. The van der Waals surface area contributed by atoms with Crippen LogP contribution in [0.1, 0.15) is 37.6 Å². The van der Waals surface area contributed by atoms with E-state index >= 15 is 0 Å². The molecule has 16 heavy (non-hydrogen) atoms. The van der Waals surface area contributed by atoms with Crippen LogP contribution in [0.3, 0.4) is 0 Å². The quantitative estimate of drug-likeness (QED) is 0.792. The van der Waals surface area contributed by atoms with Crippen LogP contribution in [0.25, 0.3) is 0 Å². The van der Waals surface area contributed by atoms with Crippen molar-refractivity contribution < 1.29 is 4.79 Å². The van der Waals surface area contributed by atoms with Crippen molar-refractivity contribution in [1.29, 1.82) is 0 Å². The van der Waals surface area contributed by atoms with Gasteiger partial charge in [-0.25, -0.2) is 0 Å². The van der Waals surface area contributed by atoms with Gasteiger partial charge in [-0.05, 0) is 26.2 Å². The van der Waals surface area contributed by atoms with Crippen LogP contribution in [0, 0.1) is 12.8 Å². The largest absolute Gasteiger partial charge is 0.286 e. The molecule has 0 N–H and O–H groups in total. The Hall–Kier alpha value is -0.970. The number of nitrogens with zero attached hydrogens (tertiary/aromatic N) is 3. The van der Waals surface area contributed by atoms with Crippen LogP contribution in [0.5, 0.6) is 0 Å². The molecule has 1 aromatic heterocycles. The van der Waals surface area contributed by atoms with E-state index < -0.39 is 0 Å². The Bertz CT molecular complexity index is 373. The summed E-state index contributed by atoms with van der Waals surface area (Å²) in [5.74, 6) is 0.491. The number of aryl methyl sites for hydroxylation is 1. The number of rotatable bonds is 5. The maximum absolute atomic E-state index is 12.1. The fourth-order valence-electron chi connectivity index (χ4n) is 1.56. The summed E-state index contributed by atoms with van der Waals surface area (Å²) in [6.07, 6.45) is 4.20. The molecule has 1 fully saturated rings. The number of carbonyl (C=O) groups excluding carboxylic acids is 1. The van der Waals surface area contributed by atoms with Crippen molar-refractivity contribution in [2.24, 2.45) is 5.92 Å². The fraction of sp³-hybridized carbons (Fsp3) is 0.727. The summed E-state index contributed by atoms with van der Waals surface area (Å²) < 4.78 is 0. The van der Waals surface area contributed by atoms with E-state index in [1.807, 2.05) is 11.8 Å². The Balaban J connectivity index is 2.09. The van der Waals surface area contributed by atoms with E-state index in [0.29, 0.717) is 0 Å². The average Bonchev–Trinajstić information content (AvgIpc) is 3.03. The zero-order valence-corrected chi connectivity index (χ0v) is 10.6. The van der Waals surface area contributed by atoms with Gasteiger partial charge in [-0.3, -0.25) is 9.69 Å². The highest BCUT2D eigenvalue weighted by Gasteiger charge is 2.34. The lowest BCUT2D eigenvalue weighted by atomic mass is 10.3. The Morgan fingerprint density at radius 2 is 2.25 bits per heavy atom. The maximum atomic E-state index is 12.1. The minimum atomic E-state index is 0.240. The Morgan fingerprint density at radius 1 is 1.50 bits per heavy atom. The number of unbranched alkanes of at least 4 members (excludes halogenated alkanes) is 1. The van der Waals surface area contributed by atoms with Crippen molar-refractivity contribution in [3.8, 4) is 0 Å². The number of anilines is 1. The molecule has 0 bridgehead atoms. The molecule has 0 saturated heterocycles. The van der Waals surface area contributed by atoms with Gasteiger partial charge in [0.1, 0.15) is 5.01 Å². The van der Waals surface area contributed by atoms with Gasteiger partial charge in [-0.2, -0.15) is 0 Å². The Morgan fingerprint density at radius 3 is 2.75 bits per heavy atom. The summed E-state index contributed by atoms with van der Waals surface area (Å²) in [5.41, 5.74) is 0. The van der Waals surface area contributed by atoms with Crippen LogP contribution in [0.2, 0.25) is 0 Å². The molecule has 0 atom stereocenters. The van der Waals surface area contributed by atoms with Crippen molar-refractivity contribution in [3.05, 3.63) is 5.01 Å². The van der Waals surface area contributed by atoms with Gasteiger partial charge in [0.15, 0.2) is 0 Å². The average molecular weight is 239 g/mol. The van der Waals surface area contributed by atoms with Crippen LogP contribution in [0.4, 0.5) is 5.13 Å². The van der Waals surface area contributed by atoms with E-state index in [1.54, 1.807) is 0 Å². The molecule has 1 saturated carbocycles. The maximum Gasteiger partial charge on any atom is 0.231 e. The molecule has 0 radical (unpaired) electrons. The van der Waals surface area contributed by atoms with Gasteiger partial charge < -0.3 is 0 Å². The van der Waals surface area contributed by atoms with Gasteiger partial charge in [-0.1, -0.05) is 24.7 Å². The second kappa shape index (κ2) is 4.91. The summed E-state index contributed by atoms with van der Waals surface area (Å²) in [6.45, 7) is 4.83. The molecular formula is C11H17N3OS. The van der Waals surface area contributed by atoms with Crippen LogP contribution in [-0.4, -0.2) is 22.6 Å². The minimum absolute atomic E-state index is 0.240. The van der Waals surface area contributed by atoms with E-state index in [0.717, 1.165) is 42.4 Å². The SMILES string of the molecule is CCCCN(C(=O)C1CC1)c1nnc(C)s1. The topological polar surface area (TPSA) is 46.1 Å². The second-order valence-corrected chi connectivity index (χ2v) is 5.38. The van der Waals surface area contributed by atoms with Gasteiger partial charge in [0.05, 0.1) is 0 Å². The van der Waals surface area contributed by atoms with Crippen LogP contribution < -0.4 is 4.90 Å². The summed E-state index contributed by atoms with van der Waals surface area (Å²) in [6, 6.07) is 0. The summed E-state index contributed by atoms with van der Waals surface area (Å²) in [4.78, 5) is 13.9. The number of hydrogen-bond donors (Lipinski definition) is 0. The summed E-state index contributed by atoms with van der Waals surface area (Å²) in [5, 5.41) is 9.74. The zero-order valence-electron chi connectivity index (χ0n) is 9.77. The van der Waals surface area contributed by atoms with Crippen LogP contribution >= 0.6 is 11.3 Å². The van der Waals surface area contributed by atoms with E-state index in [1.165, 1.54) is 11.3 Å². The number of aromatic nitrogens is 2. The lowest BCUT2D eigenvalue weighted by Crippen LogP contribution is -2.33. The molecule has 88 valence electrons. The smallest absolute Gasteiger partial charge is 0.231 e. The first-order chi connectivity index (χ1) is 7.72. The molecule has 1 heterocycles. The lowest BCUT2D eigenvalue weighted by molar-refractivity contribution is -0.119. The van der Waals surface area contributed by atoms with Crippen LogP contribution in [0.15, 0.2) is 0 Å². The number of hydrogen-bond acceptors (Lipinski definition) is 4. The predicted octanol–water partition coefficient (Wildman–Crippen LogP) is 2.39. The highest BCUT2D eigenvalue weighted by Crippen LogP contribution is 2.33. The first-order valence-corrected chi connectivity index (χ1v) is 6.65. The van der Waals surface area contributed by atoms with Gasteiger partial charge in [0.25, 0.3) is 0 Å². The molecule has 5 heteroatoms. The van der Waals surface area contributed by atoms with Gasteiger partial charge in [0, 0.05) is 12.5 Å². The summed E-state index contributed by atoms with van der Waals surface area (Å²) >= 11 is 1.50. The Labute approximate surface area is 99.7 Å². The van der Waals surface area contributed by atoms with Crippen molar-refractivity contribution in [1.82, 2.24) is 10.2 Å². The lowest BCUT2D eigenvalue weighted by Gasteiger charge is -2.18. The molecule has 2 rings (SSSR count). The van der Waals surface area contributed by atoms with Crippen molar-refractivity contribution in [2.75, 3.05) is 11.4 Å². The molecule has 4 nitrogen and oxygen atoms in total. The van der Waals surface area contributed by atoms with Gasteiger partial charge in [0.2, 0.25) is 11.0 Å². The minimum Gasteiger partial charge on any atom is -0.286 e. The molecule has 1 aliphatic carbocycles. The van der Waals surface area contributed by atoms with Crippen molar-refractivity contribution in [3.63, 3.8) is 0 Å². The Kier molecular flexibility index (Phi) is 3.53. The standard InChI is InChI=1S/C11H17N3OS/c1-3-4-7-14(10(15)9-5-6-9)11-13-12-8(2)16-11/h9H,3-7H2,1-2H3. The first-order valence-electron chi connectivity index (χ1n) is 5.84. The molecule has 1 aliphatic rings. The monoisotopic (exact) mass is 239 g/mol. The van der Waals surface area contributed by atoms with Crippen LogP contribution in [-0.2, 0) is 4.79 Å². The third-order valence-corrected chi connectivity index (χ3v) is 3.54. The van der Waals surface area contributed by atoms with Crippen molar-refractivity contribution in [2.45, 2.75) is 39.5 Å². The predicted molar refractivity (Wildman–Crippen MR) is 64.6 cm³/mol. The van der Waals surface area contributed by atoms with E-state index in [-0.39, 0.29) is 11.8 Å². The number of amides is 1. The zero-order chi connectivity index (χ0) is 11.5. The molecule has 1 aromatic rings. The normalized spacial score (nSPS) is 15.1. The highest BCUT2D eigenvalue weighted by molar-refractivity contribution is 7.15. The summed E-state index contributed by atoms with van der Waals surface area (Å²) in [7, 11) is 0. The third-order valence-electron chi connectivity index (χ3n) is 2.67. The first kappa shape index (κ1) is 11.5. The van der Waals surface area contributed by atoms with E-state index in [2.05, 4.69) is 17.1 Å². The van der Waals surface area contributed by atoms with E-state index in [9.17, 15) is 4.79 Å². The highest BCUT2D eigenvalue weighted by atomic mass is 32.1. The molecule has 0 unspecified atom stereocenters. The van der Waals surface area contributed by atoms with Gasteiger partial charge >= 0.3 is 0 Å². The molecule has 0 spiro atoms. The van der Waals surface area contributed by atoms with Crippen molar-refractivity contribution >= 4 is 22.4 Å². The van der Waals surface area contributed by atoms with E-state index in [4.69, 9.17) is 0 Å². The fourth-order valence-corrected chi connectivity index (χ4v) is 2.28.